The van der Waals surface area contributed by atoms with Gasteiger partial charge in [0.2, 0.25) is 0 Å². The van der Waals surface area contributed by atoms with Gasteiger partial charge in [-0.25, -0.2) is 0 Å². The van der Waals surface area contributed by atoms with Crippen LogP contribution in [0.4, 0.5) is 11.4 Å². The number of anilines is 1. The Morgan fingerprint density at radius 2 is 2.10 bits per heavy atom. The number of nitro benzene ring substituents is 1. The summed E-state index contributed by atoms with van der Waals surface area (Å²) in [7, 11) is 0. The molecular weight excluding hydrogens is 266 g/mol. The summed E-state index contributed by atoms with van der Waals surface area (Å²) in [5.41, 5.74) is 3.97. The average molecular weight is 281 g/mol. The quantitative estimate of drug-likeness (QED) is 0.561. The molecule has 3 rings (SSSR count). The molecule has 0 saturated carbocycles. The summed E-state index contributed by atoms with van der Waals surface area (Å²) >= 11 is 0. The number of H-pyrrole nitrogens is 1. The van der Waals surface area contributed by atoms with Gasteiger partial charge in [0.05, 0.1) is 4.92 Å². The molecule has 5 nitrogen and oxygen atoms in total. The molecule has 0 saturated heterocycles. The summed E-state index contributed by atoms with van der Waals surface area (Å²) < 4.78 is 0. The predicted molar refractivity (Wildman–Crippen MR) is 83.5 cm³/mol. The Morgan fingerprint density at radius 3 is 2.86 bits per heavy atom. The van der Waals surface area contributed by atoms with Crippen molar-refractivity contribution in [2.45, 2.75) is 13.5 Å². The van der Waals surface area contributed by atoms with Crippen molar-refractivity contribution < 1.29 is 4.92 Å². The van der Waals surface area contributed by atoms with Crippen LogP contribution in [0.5, 0.6) is 0 Å². The molecule has 2 N–H and O–H groups in total. The first-order chi connectivity index (χ1) is 10.1. The molecule has 3 aromatic rings. The lowest BCUT2D eigenvalue weighted by Gasteiger charge is -2.08. The van der Waals surface area contributed by atoms with Crippen LogP contribution < -0.4 is 5.32 Å². The van der Waals surface area contributed by atoms with Crippen molar-refractivity contribution in [1.82, 2.24) is 4.98 Å². The van der Waals surface area contributed by atoms with Gasteiger partial charge in [0.15, 0.2) is 0 Å². The number of fused-ring (bicyclic) bond motifs is 1. The number of aromatic amines is 1. The van der Waals surface area contributed by atoms with Crippen molar-refractivity contribution in [2.75, 3.05) is 5.32 Å². The van der Waals surface area contributed by atoms with E-state index in [-0.39, 0.29) is 10.6 Å². The molecule has 21 heavy (non-hydrogen) atoms. The van der Waals surface area contributed by atoms with Crippen LogP contribution in [0.15, 0.2) is 48.7 Å². The van der Waals surface area contributed by atoms with Gasteiger partial charge in [-0.2, -0.15) is 0 Å². The molecular formula is C16H15N3O2. The monoisotopic (exact) mass is 281 g/mol. The maximum absolute atomic E-state index is 10.8. The fourth-order valence-corrected chi connectivity index (χ4v) is 2.47. The molecule has 1 aromatic heterocycles. The third kappa shape index (κ3) is 2.58. The Kier molecular flexibility index (Phi) is 3.31. The number of rotatable bonds is 4. The van der Waals surface area contributed by atoms with Gasteiger partial charge in [0.1, 0.15) is 0 Å². The van der Waals surface area contributed by atoms with Gasteiger partial charge < -0.3 is 10.3 Å². The largest absolute Gasteiger partial charge is 0.381 e. The van der Waals surface area contributed by atoms with Crippen LogP contribution >= 0.6 is 0 Å². The van der Waals surface area contributed by atoms with Crippen LogP contribution in [-0.2, 0) is 6.54 Å². The van der Waals surface area contributed by atoms with E-state index in [1.807, 2.05) is 24.4 Å². The summed E-state index contributed by atoms with van der Waals surface area (Å²) in [5.74, 6) is 0. The Labute approximate surface area is 121 Å². The standard InChI is InChI=1S/C16H15N3O2/c1-11-9-13(5-6-16(11)19(20)21)18-10-12-3-2-4-15-14(12)7-8-17-15/h2-9,17-18H,10H2,1H3. The lowest BCUT2D eigenvalue weighted by atomic mass is 10.1. The molecule has 2 aromatic carbocycles. The van der Waals surface area contributed by atoms with Crippen molar-refractivity contribution in [3.63, 3.8) is 0 Å². The Bertz CT molecular complexity index is 808. The highest BCUT2D eigenvalue weighted by Crippen LogP contribution is 2.23. The number of nitro groups is 1. The number of nitrogens with zero attached hydrogens (tertiary/aromatic N) is 1. The van der Waals surface area contributed by atoms with E-state index in [1.54, 1.807) is 19.1 Å². The Balaban J connectivity index is 1.80. The highest BCUT2D eigenvalue weighted by molar-refractivity contribution is 5.83. The van der Waals surface area contributed by atoms with Crippen LogP contribution in [-0.4, -0.2) is 9.91 Å². The molecule has 0 aliphatic rings. The van der Waals surface area contributed by atoms with Gasteiger partial charge in [-0.05, 0) is 36.8 Å². The van der Waals surface area contributed by atoms with Gasteiger partial charge >= 0.3 is 0 Å². The second-order valence-corrected chi connectivity index (χ2v) is 4.97. The van der Waals surface area contributed by atoms with Crippen LogP contribution in [0.3, 0.4) is 0 Å². The molecule has 5 heteroatoms. The van der Waals surface area contributed by atoms with Crippen molar-refractivity contribution in [3.8, 4) is 0 Å². The zero-order chi connectivity index (χ0) is 14.8. The van der Waals surface area contributed by atoms with Crippen molar-refractivity contribution in [1.29, 1.82) is 0 Å². The highest BCUT2D eigenvalue weighted by Gasteiger charge is 2.10. The zero-order valence-electron chi connectivity index (χ0n) is 11.6. The molecule has 0 aliphatic heterocycles. The summed E-state index contributed by atoms with van der Waals surface area (Å²) in [6.07, 6.45) is 1.92. The second-order valence-electron chi connectivity index (χ2n) is 4.97. The third-order valence-electron chi connectivity index (χ3n) is 3.56. The smallest absolute Gasteiger partial charge is 0.272 e. The fourth-order valence-electron chi connectivity index (χ4n) is 2.47. The molecule has 0 radical (unpaired) electrons. The molecule has 0 bridgehead atoms. The normalized spacial score (nSPS) is 10.7. The van der Waals surface area contributed by atoms with E-state index in [9.17, 15) is 10.1 Å². The Hall–Kier alpha value is -2.82. The van der Waals surface area contributed by atoms with E-state index in [2.05, 4.69) is 16.4 Å². The number of aryl methyl sites for hydroxylation is 1. The summed E-state index contributed by atoms with van der Waals surface area (Å²) in [5, 5.41) is 15.3. The van der Waals surface area contributed by atoms with Gasteiger partial charge in [-0.3, -0.25) is 10.1 Å². The van der Waals surface area contributed by atoms with E-state index >= 15 is 0 Å². The first-order valence-corrected chi connectivity index (χ1v) is 6.69. The summed E-state index contributed by atoms with van der Waals surface area (Å²) in [4.78, 5) is 13.6. The van der Waals surface area contributed by atoms with E-state index in [0.717, 1.165) is 11.2 Å². The van der Waals surface area contributed by atoms with Crippen LogP contribution in [0.1, 0.15) is 11.1 Å². The van der Waals surface area contributed by atoms with Crippen LogP contribution in [0, 0.1) is 17.0 Å². The van der Waals surface area contributed by atoms with E-state index in [0.29, 0.717) is 12.1 Å². The van der Waals surface area contributed by atoms with Crippen LogP contribution in [0.25, 0.3) is 10.9 Å². The minimum Gasteiger partial charge on any atom is -0.381 e. The van der Waals surface area contributed by atoms with Crippen molar-refractivity contribution in [2.24, 2.45) is 0 Å². The second kappa shape index (κ2) is 5.28. The molecule has 0 aliphatic carbocycles. The minimum absolute atomic E-state index is 0.147. The molecule has 0 amide bonds. The zero-order valence-corrected chi connectivity index (χ0v) is 11.6. The summed E-state index contributed by atoms with van der Waals surface area (Å²) in [6, 6.07) is 13.2. The first-order valence-electron chi connectivity index (χ1n) is 6.69. The lowest BCUT2D eigenvalue weighted by molar-refractivity contribution is -0.385. The average Bonchev–Trinajstić information content (AvgIpc) is 2.93. The number of nitrogens with one attached hydrogen (secondary N) is 2. The van der Waals surface area contributed by atoms with Crippen molar-refractivity contribution >= 4 is 22.3 Å². The summed E-state index contributed by atoms with van der Waals surface area (Å²) in [6.45, 7) is 2.42. The highest BCUT2D eigenvalue weighted by atomic mass is 16.6. The van der Waals surface area contributed by atoms with Gasteiger partial charge in [-0.15, -0.1) is 0 Å². The SMILES string of the molecule is Cc1cc(NCc2cccc3[nH]ccc23)ccc1[N+](=O)[O-]. The number of benzene rings is 2. The van der Waals surface area contributed by atoms with Gasteiger partial charge in [0.25, 0.3) is 5.69 Å². The number of aromatic nitrogens is 1. The third-order valence-corrected chi connectivity index (χ3v) is 3.56. The first kappa shape index (κ1) is 13.2. The maximum atomic E-state index is 10.8. The van der Waals surface area contributed by atoms with Crippen molar-refractivity contribution in [3.05, 3.63) is 69.9 Å². The van der Waals surface area contributed by atoms with E-state index < -0.39 is 0 Å². The maximum Gasteiger partial charge on any atom is 0.272 e. The molecule has 0 unspecified atom stereocenters. The minimum atomic E-state index is -0.361. The number of hydrogen-bond acceptors (Lipinski definition) is 3. The molecule has 1 heterocycles. The molecule has 106 valence electrons. The molecule has 0 fully saturated rings. The molecule has 0 atom stereocenters. The predicted octanol–water partition coefficient (Wildman–Crippen LogP) is 4.00. The van der Waals surface area contributed by atoms with Gasteiger partial charge in [0, 0.05) is 41.0 Å². The van der Waals surface area contributed by atoms with Gasteiger partial charge in [-0.1, -0.05) is 12.1 Å². The van der Waals surface area contributed by atoms with E-state index in [1.165, 1.54) is 17.0 Å². The topological polar surface area (TPSA) is 71.0 Å². The van der Waals surface area contributed by atoms with E-state index in [4.69, 9.17) is 0 Å². The fraction of sp³-hybridized carbons (Fsp3) is 0.125. The van der Waals surface area contributed by atoms with Crippen LogP contribution in [0.2, 0.25) is 0 Å². The lowest BCUT2D eigenvalue weighted by Crippen LogP contribution is -2.01. The molecule has 0 spiro atoms. The Morgan fingerprint density at radius 1 is 1.24 bits per heavy atom. The number of hydrogen-bond donors (Lipinski definition) is 2.